The number of H-pyrrole nitrogens is 1. The molecule has 0 unspecified atom stereocenters. The molecule has 0 bridgehead atoms. The van der Waals surface area contributed by atoms with E-state index in [0.29, 0.717) is 5.69 Å². The fourth-order valence-electron chi connectivity index (χ4n) is 1.54. The van der Waals surface area contributed by atoms with Gasteiger partial charge in [0.1, 0.15) is 0 Å². The zero-order valence-corrected chi connectivity index (χ0v) is 12.0. The van der Waals surface area contributed by atoms with Gasteiger partial charge in [-0.1, -0.05) is 22.9 Å². The van der Waals surface area contributed by atoms with E-state index in [1.807, 2.05) is 13.0 Å². The summed E-state index contributed by atoms with van der Waals surface area (Å²) in [5, 5.41) is 0.0486. The van der Waals surface area contributed by atoms with Crippen molar-refractivity contribution in [3.8, 4) is 0 Å². The average molecular weight is 330 g/mol. The minimum atomic E-state index is -3.60. The van der Waals surface area contributed by atoms with Gasteiger partial charge in [-0.2, -0.15) is 8.42 Å². The van der Waals surface area contributed by atoms with Gasteiger partial charge < -0.3 is 4.98 Å². The van der Waals surface area contributed by atoms with Gasteiger partial charge in [-0.3, -0.25) is 4.72 Å². The van der Waals surface area contributed by atoms with Crippen molar-refractivity contribution in [1.29, 1.82) is 0 Å². The van der Waals surface area contributed by atoms with Crippen LogP contribution in [-0.2, 0) is 16.4 Å². The van der Waals surface area contributed by atoms with Gasteiger partial charge >= 0.3 is 0 Å². The zero-order valence-electron chi connectivity index (χ0n) is 9.64. The predicted octanol–water partition coefficient (Wildman–Crippen LogP) is 2.54. The highest BCUT2D eigenvalue weighted by atomic mass is 79.9. The quantitative estimate of drug-likeness (QED) is 0.905. The van der Waals surface area contributed by atoms with Gasteiger partial charge in [-0.25, -0.2) is 4.98 Å². The second-order valence-corrected chi connectivity index (χ2v) is 6.24. The number of aromatic amines is 1. The number of sulfonamides is 1. The minimum Gasteiger partial charge on any atom is -0.334 e. The summed E-state index contributed by atoms with van der Waals surface area (Å²) in [5.74, 6) is 0. The molecule has 1 heterocycles. The maximum absolute atomic E-state index is 12.0. The highest BCUT2D eigenvalue weighted by Crippen LogP contribution is 2.23. The third kappa shape index (κ3) is 2.73. The molecule has 0 saturated heterocycles. The summed E-state index contributed by atoms with van der Waals surface area (Å²) in [6.45, 7) is 1.97. The number of aryl methyl sites for hydroxylation is 1. The van der Waals surface area contributed by atoms with Crippen LogP contribution in [0.25, 0.3) is 0 Å². The number of nitrogens with zero attached hydrogens (tertiary/aromatic N) is 1. The van der Waals surface area contributed by atoms with Gasteiger partial charge in [-0.05, 0) is 30.2 Å². The Balaban J connectivity index is 2.35. The van der Waals surface area contributed by atoms with Gasteiger partial charge in [0, 0.05) is 4.47 Å². The molecule has 1 aromatic carbocycles. The van der Waals surface area contributed by atoms with Gasteiger partial charge in [0.05, 0.1) is 18.2 Å². The Bertz CT molecular complexity index is 638. The summed E-state index contributed by atoms with van der Waals surface area (Å²) in [7, 11) is -3.60. The van der Waals surface area contributed by atoms with Crippen LogP contribution in [-0.4, -0.2) is 18.4 Å². The van der Waals surface area contributed by atoms with Crippen LogP contribution in [0, 0.1) is 0 Å². The molecule has 0 radical (unpaired) electrons. The normalized spacial score (nSPS) is 11.4. The second-order valence-electron chi connectivity index (χ2n) is 3.68. The first-order valence-corrected chi connectivity index (χ1v) is 7.60. The van der Waals surface area contributed by atoms with Crippen molar-refractivity contribution < 1.29 is 8.42 Å². The first kappa shape index (κ1) is 13.1. The van der Waals surface area contributed by atoms with Crippen LogP contribution < -0.4 is 4.72 Å². The first-order valence-electron chi connectivity index (χ1n) is 5.32. The molecule has 0 aliphatic heterocycles. The molecule has 7 heteroatoms. The van der Waals surface area contributed by atoms with E-state index < -0.39 is 10.0 Å². The lowest BCUT2D eigenvalue weighted by molar-refractivity contribution is 0.598. The molecule has 0 atom stereocenters. The number of hydrogen-bond acceptors (Lipinski definition) is 3. The summed E-state index contributed by atoms with van der Waals surface area (Å²) in [6, 6.07) is 5.42. The van der Waals surface area contributed by atoms with E-state index in [2.05, 4.69) is 30.6 Å². The Morgan fingerprint density at radius 2 is 2.22 bits per heavy atom. The molecule has 2 rings (SSSR count). The third-order valence-corrected chi connectivity index (χ3v) is 4.24. The highest BCUT2D eigenvalue weighted by Gasteiger charge is 2.16. The molecule has 18 heavy (non-hydrogen) atoms. The molecule has 0 fully saturated rings. The molecule has 0 saturated carbocycles. The number of rotatable bonds is 4. The fourth-order valence-corrected chi connectivity index (χ4v) is 2.96. The number of halogens is 1. The molecule has 0 amide bonds. The first-order chi connectivity index (χ1) is 8.53. The Morgan fingerprint density at radius 1 is 1.44 bits per heavy atom. The SMILES string of the molecule is CCc1cc(Br)ccc1NS(=O)(=O)c1cnc[nH]1. The van der Waals surface area contributed by atoms with Crippen LogP contribution in [0.15, 0.2) is 40.2 Å². The summed E-state index contributed by atoms with van der Waals surface area (Å²) in [6.07, 6.45) is 3.34. The highest BCUT2D eigenvalue weighted by molar-refractivity contribution is 9.10. The zero-order chi connectivity index (χ0) is 13.2. The summed E-state index contributed by atoms with van der Waals surface area (Å²) in [4.78, 5) is 6.28. The van der Waals surface area contributed by atoms with Crippen LogP contribution in [0.4, 0.5) is 5.69 Å². The Kier molecular flexibility index (Phi) is 3.72. The lowest BCUT2D eigenvalue weighted by Crippen LogP contribution is -2.14. The van der Waals surface area contributed by atoms with E-state index in [-0.39, 0.29) is 5.03 Å². The third-order valence-electron chi connectivity index (χ3n) is 2.46. The standard InChI is InChI=1S/C11H12BrN3O2S/c1-2-8-5-9(12)3-4-10(8)15-18(16,17)11-6-13-7-14-11/h3-7,15H,2H2,1H3,(H,13,14). The molecule has 1 aromatic heterocycles. The number of nitrogens with one attached hydrogen (secondary N) is 2. The molecule has 0 aliphatic carbocycles. The van der Waals surface area contributed by atoms with E-state index in [1.165, 1.54) is 12.5 Å². The Morgan fingerprint density at radius 3 is 2.83 bits per heavy atom. The Labute approximate surface area is 114 Å². The Hall–Kier alpha value is -1.34. The largest absolute Gasteiger partial charge is 0.334 e. The van der Waals surface area contributed by atoms with Gasteiger partial charge in [0.15, 0.2) is 5.03 Å². The van der Waals surface area contributed by atoms with Crippen molar-refractivity contribution >= 4 is 31.6 Å². The molecule has 5 nitrogen and oxygen atoms in total. The van der Waals surface area contributed by atoms with Gasteiger partial charge in [-0.15, -0.1) is 0 Å². The monoisotopic (exact) mass is 329 g/mol. The summed E-state index contributed by atoms with van der Waals surface area (Å²) < 4.78 is 27.5. The molecule has 2 aromatic rings. The number of imidazole rings is 1. The van der Waals surface area contributed by atoms with Crippen LogP contribution in [0.5, 0.6) is 0 Å². The van der Waals surface area contributed by atoms with Crippen molar-refractivity contribution in [3.63, 3.8) is 0 Å². The number of anilines is 1. The number of hydrogen-bond donors (Lipinski definition) is 2. The molecule has 96 valence electrons. The smallest absolute Gasteiger partial charge is 0.278 e. The van der Waals surface area contributed by atoms with E-state index in [9.17, 15) is 8.42 Å². The predicted molar refractivity (Wildman–Crippen MR) is 72.9 cm³/mol. The number of aromatic nitrogens is 2. The van der Waals surface area contributed by atoms with Crippen molar-refractivity contribution in [2.24, 2.45) is 0 Å². The van der Waals surface area contributed by atoms with Gasteiger partial charge in [0.25, 0.3) is 10.0 Å². The molecule has 2 N–H and O–H groups in total. The second kappa shape index (κ2) is 5.11. The van der Waals surface area contributed by atoms with Crippen LogP contribution in [0.3, 0.4) is 0 Å². The van der Waals surface area contributed by atoms with Crippen LogP contribution >= 0.6 is 15.9 Å². The lowest BCUT2D eigenvalue weighted by atomic mass is 10.1. The van der Waals surface area contributed by atoms with Crippen LogP contribution in [0.1, 0.15) is 12.5 Å². The molecule has 0 aliphatic rings. The summed E-state index contributed by atoms with van der Waals surface area (Å²) in [5.41, 5.74) is 1.50. The maximum Gasteiger partial charge on any atom is 0.278 e. The van der Waals surface area contributed by atoms with Crippen molar-refractivity contribution in [2.45, 2.75) is 18.4 Å². The van der Waals surface area contributed by atoms with E-state index in [0.717, 1.165) is 16.5 Å². The van der Waals surface area contributed by atoms with E-state index >= 15 is 0 Å². The maximum atomic E-state index is 12.0. The number of benzene rings is 1. The fraction of sp³-hybridized carbons (Fsp3) is 0.182. The van der Waals surface area contributed by atoms with Gasteiger partial charge in [0.2, 0.25) is 0 Å². The lowest BCUT2D eigenvalue weighted by Gasteiger charge is -2.10. The topological polar surface area (TPSA) is 74.8 Å². The van der Waals surface area contributed by atoms with Crippen molar-refractivity contribution in [2.75, 3.05) is 4.72 Å². The molecule has 0 spiro atoms. The van der Waals surface area contributed by atoms with E-state index in [1.54, 1.807) is 12.1 Å². The van der Waals surface area contributed by atoms with Crippen LogP contribution in [0.2, 0.25) is 0 Å². The van der Waals surface area contributed by atoms with E-state index in [4.69, 9.17) is 0 Å². The minimum absolute atomic E-state index is 0.0486. The summed E-state index contributed by atoms with van der Waals surface area (Å²) >= 11 is 3.36. The molecular weight excluding hydrogens is 318 g/mol. The molecular formula is C11H12BrN3O2S. The average Bonchev–Trinajstić information content (AvgIpc) is 2.85. The van der Waals surface area contributed by atoms with Crippen molar-refractivity contribution in [3.05, 3.63) is 40.8 Å². The van der Waals surface area contributed by atoms with Crippen molar-refractivity contribution in [1.82, 2.24) is 9.97 Å².